The third-order valence-electron chi connectivity index (χ3n) is 5.65. The number of nitrogens with zero attached hydrogens (tertiary/aromatic N) is 1. The number of pyridine rings is 1. The van der Waals surface area contributed by atoms with Crippen molar-refractivity contribution in [3.8, 4) is 0 Å². The van der Waals surface area contributed by atoms with Crippen molar-refractivity contribution >= 4 is 17.8 Å². The van der Waals surface area contributed by atoms with Gasteiger partial charge in [0.1, 0.15) is 6.04 Å². The average Bonchev–Trinajstić information content (AvgIpc) is 2.96. The molecule has 0 radical (unpaired) electrons. The molecule has 0 spiro atoms. The molecule has 1 heterocycles. The van der Waals surface area contributed by atoms with E-state index in [4.69, 9.17) is 0 Å². The minimum Gasteiger partial charge on any atom is -0.480 e. The van der Waals surface area contributed by atoms with Gasteiger partial charge in [-0.3, -0.25) is 14.6 Å². The van der Waals surface area contributed by atoms with Crippen LogP contribution >= 0.6 is 0 Å². The van der Waals surface area contributed by atoms with Crippen LogP contribution in [0.5, 0.6) is 0 Å². The van der Waals surface area contributed by atoms with E-state index in [9.17, 15) is 19.5 Å². The Kier molecular flexibility index (Phi) is 20.5. The van der Waals surface area contributed by atoms with Crippen LogP contribution in [-0.2, 0) is 9.59 Å². The molecular weight excluding hydrogens is 502 g/mol. The molecule has 1 rings (SSSR count). The van der Waals surface area contributed by atoms with Gasteiger partial charge in [0, 0.05) is 25.4 Å². The van der Waals surface area contributed by atoms with Gasteiger partial charge < -0.3 is 15.7 Å². The first-order valence-electron chi connectivity index (χ1n) is 14.1. The van der Waals surface area contributed by atoms with Gasteiger partial charge in [0.15, 0.2) is 0 Å². The van der Waals surface area contributed by atoms with Gasteiger partial charge in [-0.2, -0.15) is 0 Å². The largest absolute Gasteiger partial charge is 0.480 e. The molecule has 3 N–H and O–H groups in total. The zero-order valence-corrected chi connectivity index (χ0v) is 23.7. The van der Waals surface area contributed by atoms with Gasteiger partial charge in [0.05, 0.1) is 5.56 Å². The van der Waals surface area contributed by atoms with Crippen LogP contribution in [0.15, 0.2) is 97.4 Å². The predicted octanol–water partition coefficient (Wildman–Crippen LogP) is 6.64. The lowest BCUT2D eigenvalue weighted by Gasteiger charge is -2.14. The number of carbonyl (C=O) groups is 3. The Balaban J connectivity index is 2.07. The summed E-state index contributed by atoms with van der Waals surface area (Å²) < 4.78 is 0. The lowest BCUT2D eigenvalue weighted by atomic mass is 10.1. The molecule has 0 aliphatic heterocycles. The molecule has 0 unspecified atom stereocenters. The van der Waals surface area contributed by atoms with E-state index in [1.165, 1.54) is 12.4 Å². The number of allylic oxidation sites excluding steroid dienone is 12. The molecule has 40 heavy (non-hydrogen) atoms. The predicted molar refractivity (Wildman–Crippen MR) is 163 cm³/mol. The van der Waals surface area contributed by atoms with Crippen molar-refractivity contribution in [2.75, 3.05) is 6.54 Å². The highest BCUT2D eigenvalue weighted by atomic mass is 16.4. The first kappa shape index (κ1) is 34.0. The number of hydrogen-bond donors (Lipinski definition) is 3. The molecule has 0 bridgehead atoms. The molecule has 0 saturated heterocycles. The van der Waals surface area contributed by atoms with E-state index in [0.717, 1.165) is 38.5 Å². The zero-order valence-electron chi connectivity index (χ0n) is 23.7. The minimum atomic E-state index is -1.11. The average molecular weight is 548 g/mol. The minimum absolute atomic E-state index is 0.0780. The highest BCUT2D eigenvalue weighted by molar-refractivity contribution is 5.96. The third-order valence-corrected chi connectivity index (χ3v) is 5.65. The van der Waals surface area contributed by atoms with Crippen LogP contribution in [0.25, 0.3) is 0 Å². The van der Waals surface area contributed by atoms with Gasteiger partial charge in [-0.25, -0.2) is 4.79 Å². The molecule has 0 saturated carbocycles. The lowest BCUT2D eigenvalue weighted by Crippen LogP contribution is -2.41. The Morgan fingerprint density at radius 2 is 1.40 bits per heavy atom. The molecule has 216 valence electrons. The zero-order chi connectivity index (χ0) is 29.1. The summed E-state index contributed by atoms with van der Waals surface area (Å²) in [5, 5.41) is 14.7. The van der Waals surface area contributed by atoms with Crippen molar-refractivity contribution in [2.45, 2.75) is 77.2 Å². The number of carboxylic acid groups (broad SMARTS) is 1. The number of rotatable bonds is 21. The maximum absolute atomic E-state index is 12.1. The van der Waals surface area contributed by atoms with E-state index >= 15 is 0 Å². The second-order valence-corrected chi connectivity index (χ2v) is 9.05. The van der Waals surface area contributed by atoms with Crippen molar-refractivity contribution in [3.63, 3.8) is 0 Å². The summed E-state index contributed by atoms with van der Waals surface area (Å²) in [6.45, 7) is 2.50. The molecule has 1 atom stereocenters. The van der Waals surface area contributed by atoms with E-state index in [-0.39, 0.29) is 12.3 Å². The molecular formula is C33H45N3O4. The quantitative estimate of drug-likeness (QED) is 0.118. The molecule has 0 aliphatic carbocycles. The second-order valence-electron chi connectivity index (χ2n) is 9.05. The van der Waals surface area contributed by atoms with Crippen molar-refractivity contribution in [1.82, 2.24) is 15.6 Å². The molecule has 7 heteroatoms. The maximum atomic E-state index is 12.1. The first-order valence-corrected chi connectivity index (χ1v) is 14.1. The van der Waals surface area contributed by atoms with Crippen LogP contribution in [0.2, 0.25) is 0 Å². The third kappa shape index (κ3) is 19.1. The molecule has 0 aliphatic rings. The summed E-state index contributed by atoms with van der Waals surface area (Å²) >= 11 is 0. The van der Waals surface area contributed by atoms with Crippen LogP contribution in [0.1, 0.15) is 81.5 Å². The summed E-state index contributed by atoms with van der Waals surface area (Å²) in [6, 6.07) is 2.16. The summed E-state index contributed by atoms with van der Waals surface area (Å²) in [7, 11) is 0. The van der Waals surface area contributed by atoms with E-state index in [1.807, 2.05) is 12.2 Å². The SMILES string of the molecule is CC/C=C\C/C=C\C/C=C\C/C=C\C/C=C\C/C=C\CCC(=O)NCCC[C@H](NC(=O)c1cccnc1)C(=O)O. The number of nitrogens with one attached hydrogen (secondary N) is 2. The molecule has 0 aromatic carbocycles. The topological polar surface area (TPSA) is 108 Å². The van der Waals surface area contributed by atoms with Crippen molar-refractivity contribution in [1.29, 1.82) is 0 Å². The Bertz CT molecular complexity index is 1020. The van der Waals surface area contributed by atoms with Crippen LogP contribution in [0.4, 0.5) is 0 Å². The van der Waals surface area contributed by atoms with Gasteiger partial charge in [0.2, 0.25) is 5.91 Å². The van der Waals surface area contributed by atoms with Crippen LogP contribution in [0, 0.1) is 0 Å². The van der Waals surface area contributed by atoms with E-state index in [2.05, 4.69) is 83.3 Å². The van der Waals surface area contributed by atoms with E-state index in [1.54, 1.807) is 12.1 Å². The van der Waals surface area contributed by atoms with Gasteiger partial charge in [0.25, 0.3) is 5.91 Å². The first-order chi connectivity index (χ1) is 19.5. The highest BCUT2D eigenvalue weighted by Gasteiger charge is 2.20. The van der Waals surface area contributed by atoms with Crippen molar-refractivity contribution in [3.05, 3.63) is 103 Å². The summed E-state index contributed by atoms with van der Waals surface area (Å²) in [5.41, 5.74) is 0.302. The Morgan fingerprint density at radius 3 is 1.90 bits per heavy atom. The molecule has 2 amide bonds. The summed E-state index contributed by atoms with van der Waals surface area (Å²) in [4.78, 5) is 39.5. The highest BCUT2D eigenvalue weighted by Crippen LogP contribution is 2.02. The van der Waals surface area contributed by atoms with E-state index < -0.39 is 17.9 Å². The van der Waals surface area contributed by atoms with Crippen LogP contribution in [-0.4, -0.2) is 40.5 Å². The van der Waals surface area contributed by atoms with Crippen LogP contribution in [0.3, 0.4) is 0 Å². The number of hydrogen-bond acceptors (Lipinski definition) is 4. The summed E-state index contributed by atoms with van der Waals surface area (Å²) in [6.07, 6.45) is 36.1. The Morgan fingerprint density at radius 1 is 0.850 bits per heavy atom. The van der Waals surface area contributed by atoms with Gasteiger partial charge in [-0.15, -0.1) is 0 Å². The number of aromatic nitrogens is 1. The van der Waals surface area contributed by atoms with E-state index in [0.29, 0.717) is 31.4 Å². The second kappa shape index (κ2) is 24.1. The number of carbonyl (C=O) groups excluding carboxylic acids is 2. The van der Waals surface area contributed by atoms with Crippen molar-refractivity contribution < 1.29 is 19.5 Å². The van der Waals surface area contributed by atoms with Crippen molar-refractivity contribution in [2.24, 2.45) is 0 Å². The van der Waals surface area contributed by atoms with Crippen LogP contribution < -0.4 is 10.6 Å². The Labute approximate surface area is 239 Å². The number of carboxylic acids is 1. The fourth-order valence-corrected chi connectivity index (χ4v) is 3.47. The monoisotopic (exact) mass is 547 g/mol. The molecule has 7 nitrogen and oxygen atoms in total. The molecule has 1 aromatic rings. The number of aliphatic carboxylic acids is 1. The normalized spacial score (nSPS) is 12.9. The Hall–Kier alpha value is -4.00. The standard InChI is InChI=1S/C33H45N3O4/c1-2-3-4-5-6-7-8-9-10-11-12-13-14-15-16-17-18-19-20-25-31(37)35-27-22-24-30(33(39)40)36-32(38)29-23-21-26-34-28-29/h3-4,6-7,9-10,12-13,15-16,18-19,21,23,26,28,30H,2,5,8,11,14,17,20,22,24-25,27H2,1H3,(H,35,37)(H,36,38)(H,39,40)/b4-3-,7-6-,10-9-,13-12-,16-15-,19-18-/t30-/m0/s1. The molecule has 0 fully saturated rings. The van der Waals surface area contributed by atoms with Gasteiger partial charge in [-0.1, -0.05) is 79.8 Å². The molecule has 1 aromatic heterocycles. The lowest BCUT2D eigenvalue weighted by molar-refractivity contribution is -0.139. The maximum Gasteiger partial charge on any atom is 0.326 e. The fraction of sp³-hybridized carbons (Fsp3) is 0.394. The van der Waals surface area contributed by atoms with Gasteiger partial charge in [-0.05, 0) is 69.9 Å². The summed E-state index contributed by atoms with van der Waals surface area (Å²) in [5.74, 6) is -1.67. The number of amides is 2. The fourth-order valence-electron chi connectivity index (χ4n) is 3.47. The van der Waals surface area contributed by atoms with Gasteiger partial charge >= 0.3 is 5.97 Å². The smallest absolute Gasteiger partial charge is 0.326 e.